The molecule has 0 spiro atoms. The molecule has 1 aliphatic rings. The lowest BCUT2D eigenvalue weighted by Gasteiger charge is -2.26. The summed E-state index contributed by atoms with van der Waals surface area (Å²) in [5.74, 6) is -2.33. The molecule has 2 rings (SSSR count). The maximum atomic E-state index is 13.0. The molecule has 0 aliphatic carbocycles. The van der Waals surface area contributed by atoms with Crippen LogP contribution in [0, 0.1) is 5.92 Å². The van der Waals surface area contributed by atoms with Crippen LogP contribution in [0.4, 0.5) is 24.5 Å². The van der Waals surface area contributed by atoms with Crippen molar-refractivity contribution in [1.82, 2.24) is 9.21 Å². The number of likely N-dealkylation sites (tertiary alicyclic amines) is 1. The van der Waals surface area contributed by atoms with Gasteiger partial charge >= 0.3 is 6.18 Å². The van der Waals surface area contributed by atoms with Crippen molar-refractivity contribution in [2.24, 2.45) is 5.92 Å². The van der Waals surface area contributed by atoms with E-state index in [1.165, 1.54) is 16.4 Å². The second-order valence-electron chi connectivity index (χ2n) is 7.72. The van der Waals surface area contributed by atoms with Gasteiger partial charge in [0.05, 0.1) is 22.2 Å². The predicted octanol–water partition coefficient (Wildman–Crippen LogP) is 2.91. The summed E-state index contributed by atoms with van der Waals surface area (Å²) in [6, 6.07) is 4.44. The molecule has 0 aromatic heterocycles. The molecule has 1 fully saturated rings. The van der Waals surface area contributed by atoms with E-state index in [1.807, 2.05) is 18.7 Å². The van der Waals surface area contributed by atoms with Gasteiger partial charge in [0.2, 0.25) is 21.8 Å². The fourth-order valence-electron chi connectivity index (χ4n) is 3.88. The first-order chi connectivity index (χ1) is 15.4. The van der Waals surface area contributed by atoms with Crippen LogP contribution < -0.4 is 10.2 Å². The minimum atomic E-state index is -4.55. The highest BCUT2D eigenvalue weighted by Crippen LogP contribution is 2.32. The molecule has 12 heteroatoms. The van der Waals surface area contributed by atoms with Crippen LogP contribution in [0.3, 0.4) is 0 Å². The number of sulfonamides is 1. The Bertz CT molecular complexity index is 961. The van der Waals surface area contributed by atoms with Crippen molar-refractivity contribution >= 4 is 33.2 Å². The van der Waals surface area contributed by atoms with E-state index in [2.05, 4.69) is 5.32 Å². The summed E-state index contributed by atoms with van der Waals surface area (Å²) in [6.45, 7) is 7.22. The molecule has 0 bridgehead atoms. The first kappa shape index (κ1) is 26.9. The number of carbonyl (C=O) groups is 2. The van der Waals surface area contributed by atoms with Gasteiger partial charge in [-0.3, -0.25) is 9.59 Å². The van der Waals surface area contributed by atoms with Crippen LogP contribution in [-0.4, -0.2) is 74.9 Å². The van der Waals surface area contributed by atoms with Gasteiger partial charge in [-0.15, -0.1) is 0 Å². The van der Waals surface area contributed by atoms with Gasteiger partial charge in [0.1, 0.15) is 6.54 Å². The highest BCUT2D eigenvalue weighted by molar-refractivity contribution is 7.89. The normalized spacial score (nSPS) is 17.0. The van der Waals surface area contributed by atoms with Crippen LogP contribution in [0.5, 0.6) is 0 Å². The van der Waals surface area contributed by atoms with Gasteiger partial charge in [0, 0.05) is 39.1 Å². The van der Waals surface area contributed by atoms with E-state index in [0.717, 1.165) is 0 Å². The van der Waals surface area contributed by atoms with Crippen LogP contribution in [0.2, 0.25) is 0 Å². The van der Waals surface area contributed by atoms with Gasteiger partial charge in [-0.1, -0.05) is 13.8 Å². The second-order valence-corrected chi connectivity index (χ2v) is 9.66. The van der Waals surface area contributed by atoms with Gasteiger partial charge in [0.15, 0.2) is 0 Å². The fourth-order valence-corrected chi connectivity index (χ4v) is 5.36. The summed E-state index contributed by atoms with van der Waals surface area (Å²) in [5, 5.41) is 2.67. The number of nitrogens with zero attached hydrogens (tertiary/aromatic N) is 3. The number of alkyl halides is 3. The summed E-state index contributed by atoms with van der Waals surface area (Å²) in [7, 11) is -3.80. The first-order valence-electron chi connectivity index (χ1n) is 10.9. The molecule has 1 aromatic carbocycles. The number of hydrogen-bond donors (Lipinski definition) is 1. The number of hydrogen-bond acceptors (Lipinski definition) is 5. The summed E-state index contributed by atoms with van der Waals surface area (Å²) in [6.07, 6.45) is -4.88. The topological polar surface area (TPSA) is 90.0 Å². The van der Waals surface area contributed by atoms with Crippen molar-refractivity contribution in [3.05, 3.63) is 18.2 Å². The zero-order valence-corrected chi connectivity index (χ0v) is 20.1. The second kappa shape index (κ2) is 10.7. The number of rotatable bonds is 10. The largest absolute Gasteiger partial charge is 0.406 e. The van der Waals surface area contributed by atoms with Gasteiger partial charge in [0.25, 0.3) is 0 Å². The Morgan fingerprint density at radius 1 is 1.12 bits per heavy atom. The van der Waals surface area contributed by atoms with Gasteiger partial charge in [-0.25, -0.2) is 8.42 Å². The average molecular weight is 493 g/mol. The maximum Gasteiger partial charge on any atom is 0.406 e. The molecule has 1 heterocycles. The Balaban J connectivity index is 2.36. The smallest absolute Gasteiger partial charge is 0.370 e. The third-order valence-electron chi connectivity index (χ3n) is 5.63. The lowest BCUT2D eigenvalue weighted by molar-refractivity contribution is -0.157. The summed E-state index contributed by atoms with van der Waals surface area (Å²) in [5.41, 5.74) is 0.821. The highest BCUT2D eigenvalue weighted by Gasteiger charge is 2.40. The van der Waals surface area contributed by atoms with Crippen LogP contribution >= 0.6 is 0 Å². The minimum Gasteiger partial charge on any atom is -0.370 e. The molecule has 2 amide bonds. The van der Waals surface area contributed by atoms with E-state index in [0.29, 0.717) is 23.7 Å². The van der Waals surface area contributed by atoms with E-state index >= 15 is 0 Å². The minimum absolute atomic E-state index is 0.00129. The summed E-state index contributed by atoms with van der Waals surface area (Å²) >= 11 is 0. The molecular formula is C21H31F3N4O4S. The van der Waals surface area contributed by atoms with Crippen molar-refractivity contribution in [2.45, 2.75) is 45.2 Å². The van der Waals surface area contributed by atoms with Crippen LogP contribution in [0.1, 0.15) is 34.1 Å². The number of benzene rings is 1. The SMILES string of the molecule is CCN(CC)c1ccc(S(=O)(=O)N(CC)CC)cc1NC(=O)C1CC(=O)N(CC(F)(F)F)C1. The third kappa shape index (κ3) is 6.38. The lowest BCUT2D eigenvalue weighted by atomic mass is 10.1. The van der Waals surface area contributed by atoms with Crippen LogP contribution in [0.25, 0.3) is 0 Å². The molecule has 1 N–H and O–H groups in total. The van der Waals surface area contributed by atoms with E-state index < -0.39 is 40.5 Å². The average Bonchev–Trinajstić information content (AvgIpc) is 3.09. The Morgan fingerprint density at radius 3 is 2.24 bits per heavy atom. The highest BCUT2D eigenvalue weighted by atomic mass is 32.2. The Hall–Kier alpha value is -2.34. The standard InChI is InChI=1S/C21H31F3N4O4S/c1-5-26(6-2)18-10-9-16(33(31,32)28(7-3)8-4)12-17(18)25-20(30)15-11-19(29)27(13-15)14-21(22,23)24/h9-10,12,15H,5-8,11,13-14H2,1-4H3,(H,25,30). The van der Waals surface area contributed by atoms with Crippen LogP contribution in [-0.2, 0) is 19.6 Å². The van der Waals surface area contributed by atoms with E-state index in [-0.39, 0.29) is 36.6 Å². The lowest BCUT2D eigenvalue weighted by Crippen LogP contribution is -2.36. The van der Waals surface area contributed by atoms with E-state index in [9.17, 15) is 31.2 Å². The predicted molar refractivity (Wildman–Crippen MR) is 119 cm³/mol. The number of anilines is 2. The van der Waals surface area contributed by atoms with Crippen molar-refractivity contribution < 1.29 is 31.2 Å². The number of nitrogens with one attached hydrogen (secondary N) is 1. The molecule has 33 heavy (non-hydrogen) atoms. The maximum absolute atomic E-state index is 13.0. The zero-order valence-electron chi connectivity index (χ0n) is 19.3. The van der Waals surface area contributed by atoms with Gasteiger partial charge in [-0.05, 0) is 32.0 Å². The van der Waals surface area contributed by atoms with Crippen molar-refractivity contribution in [3.8, 4) is 0 Å². The molecule has 1 aromatic rings. The molecule has 1 aliphatic heterocycles. The molecule has 0 saturated carbocycles. The van der Waals surface area contributed by atoms with Gasteiger partial charge < -0.3 is 15.1 Å². The summed E-state index contributed by atoms with van der Waals surface area (Å²) in [4.78, 5) is 27.4. The van der Waals surface area contributed by atoms with Crippen molar-refractivity contribution in [3.63, 3.8) is 0 Å². The quantitative estimate of drug-likeness (QED) is 0.543. The molecular weight excluding hydrogens is 461 g/mol. The molecule has 1 saturated heterocycles. The number of halogens is 3. The van der Waals surface area contributed by atoms with E-state index in [1.54, 1.807) is 19.9 Å². The first-order valence-corrected chi connectivity index (χ1v) is 12.4. The van der Waals surface area contributed by atoms with Crippen molar-refractivity contribution in [1.29, 1.82) is 0 Å². The zero-order chi connectivity index (χ0) is 25.0. The van der Waals surface area contributed by atoms with Crippen LogP contribution in [0.15, 0.2) is 23.1 Å². The Labute approximate surface area is 192 Å². The Kier molecular flexibility index (Phi) is 8.75. The fraction of sp³-hybridized carbons (Fsp3) is 0.619. The molecule has 0 radical (unpaired) electrons. The summed E-state index contributed by atoms with van der Waals surface area (Å²) < 4.78 is 65.3. The monoisotopic (exact) mass is 492 g/mol. The number of amides is 2. The Morgan fingerprint density at radius 2 is 1.73 bits per heavy atom. The molecule has 1 unspecified atom stereocenters. The van der Waals surface area contributed by atoms with Gasteiger partial charge in [-0.2, -0.15) is 17.5 Å². The third-order valence-corrected chi connectivity index (χ3v) is 7.67. The molecule has 1 atom stereocenters. The van der Waals surface area contributed by atoms with Crippen molar-refractivity contribution in [2.75, 3.05) is 49.5 Å². The number of carbonyl (C=O) groups excluding carboxylic acids is 2. The molecule has 186 valence electrons. The molecule has 8 nitrogen and oxygen atoms in total. The van der Waals surface area contributed by atoms with E-state index in [4.69, 9.17) is 0 Å².